The van der Waals surface area contributed by atoms with Crippen LogP contribution >= 0.6 is 24.0 Å². The third-order valence-corrected chi connectivity index (χ3v) is 3.30. The number of halogens is 2. The van der Waals surface area contributed by atoms with Crippen LogP contribution in [-0.2, 0) is 13.0 Å². The molecule has 3 N–H and O–H groups in total. The molecule has 0 aliphatic carbocycles. The van der Waals surface area contributed by atoms with E-state index >= 15 is 0 Å². The molecule has 0 amide bonds. The van der Waals surface area contributed by atoms with Crippen molar-refractivity contribution in [3.05, 3.63) is 50.9 Å². The number of hydrogen-bond acceptors (Lipinski definition) is 4. The Kier molecular flexibility index (Phi) is 4.65. The number of rotatable bonds is 2. The molecule has 2 heterocycles. The van der Waals surface area contributed by atoms with Crippen LogP contribution in [0.15, 0.2) is 29.1 Å². The van der Waals surface area contributed by atoms with Crippen LogP contribution in [0.25, 0.3) is 0 Å². The van der Waals surface area contributed by atoms with Crippen molar-refractivity contribution in [3.63, 3.8) is 0 Å². The summed E-state index contributed by atoms with van der Waals surface area (Å²) in [6, 6.07) is 7.23. The first-order chi connectivity index (χ1) is 9.22. The third-order valence-electron chi connectivity index (χ3n) is 3.05. The Morgan fingerprint density at radius 2 is 2.00 bits per heavy atom. The fourth-order valence-electron chi connectivity index (χ4n) is 2.10. The molecule has 106 valence electrons. The maximum atomic E-state index is 11.9. The summed E-state index contributed by atoms with van der Waals surface area (Å²) in [5.74, 6) is 0.453. The number of benzene rings is 1. The van der Waals surface area contributed by atoms with E-state index in [0.29, 0.717) is 17.5 Å². The van der Waals surface area contributed by atoms with Crippen LogP contribution in [-0.4, -0.2) is 16.5 Å². The number of nitrogens with one attached hydrogen (secondary N) is 3. The summed E-state index contributed by atoms with van der Waals surface area (Å²) in [4.78, 5) is 19.1. The zero-order chi connectivity index (χ0) is 13.2. The molecule has 0 saturated heterocycles. The molecule has 1 aromatic heterocycles. The molecule has 1 aromatic carbocycles. The standard InChI is InChI=1S/C13H13ClN4O.ClH/c14-8-1-3-9(4-2-8)16-13-17-11-7-15-6-5-10(11)12(19)18-13;/h1-4,15H,5-7H2,(H2,16,17,18,19);1H. The second-order valence-corrected chi connectivity index (χ2v) is 4.83. The van der Waals surface area contributed by atoms with E-state index in [1.165, 1.54) is 0 Å². The SMILES string of the molecule is Cl.O=c1[nH]c(Nc2ccc(Cl)cc2)nc2c1CCNC2. The molecular formula is C13H14Cl2N4O. The Hall–Kier alpha value is -1.56. The van der Waals surface area contributed by atoms with Crippen molar-refractivity contribution in [2.75, 3.05) is 11.9 Å². The van der Waals surface area contributed by atoms with Crippen molar-refractivity contribution in [1.29, 1.82) is 0 Å². The zero-order valence-corrected chi connectivity index (χ0v) is 12.1. The average molecular weight is 313 g/mol. The fourth-order valence-corrected chi connectivity index (χ4v) is 2.22. The molecule has 1 aliphatic rings. The van der Waals surface area contributed by atoms with Gasteiger partial charge in [-0.2, -0.15) is 0 Å². The molecule has 0 radical (unpaired) electrons. The monoisotopic (exact) mass is 312 g/mol. The first-order valence-electron chi connectivity index (χ1n) is 6.08. The summed E-state index contributed by atoms with van der Waals surface area (Å²) in [5.41, 5.74) is 2.35. The van der Waals surface area contributed by atoms with Gasteiger partial charge in [0, 0.05) is 22.8 Å². The Balaban J connectivity index is 0.00000147. The molecule has 3 rings (SSSR count). The van der Waals surface area contributed by atoms with Gasteiger partial charge < -0.3 is 10.6 Å². The maximum Gasteiger partial charge on any atom is 0.255 e. The number of aromatic amines is 1. The number of fused-ring (bicyclic) bond motifs is 1. The van der Waals surface area contributed by atoms with Crippen LogP contribution in [0, 0.1) is 0 Å². The highest BCUT2D eigenvalue weighted by Gasteiger charge is 2.14. The van der Waals surface area contributed by atoms with E-state index in [9.17, 15) is 4.79 Å². The van der Waals surface area contributed by atoms with E-state index in [-0.39, 0.29) is 18.0 Å². The zero-order valence-electron chi connectivity index (χ0n) is 10.6. The first kappa shape index (κ1) is 14.8. The van der Waals surface area contributed by atoms with Gasteiger partial charge in [0.05, 0.1) is 5.69 Å². The van der Waals surface area contributed by atoms with Crippen molar-refractivity contribution >= 4 is 35.6 Å². The molecule has 0 spiro atoms. The van der Waals surface area contributed by atoms with Gasteiger partial charge in [-0.1, -0.05) is 11.6 Å². The average Bonchev–Trinajstić information content (AvgIpc) is 2.42. The highest BCUT2D eigenvalue weighted by molar-refractivity contribution is 6.30. The predicted octanol–water partition coefficient (Wildman–Crippen LogP) is 2.23. The van der Waals surface area contributed by atoms with Crippen molar-refractivity contribution < 1.29 is 0 Å². The van der Waals surface area contributed by atoms with E-state index in [4.69, 9.17) is 11.6 Å². The van der Waals surface area contributed by atoms with Gasteiger partial charge in [-0.15, -0.1) is 12.4 Å². The minimum absolute atomic E-state index is 0. The second-order valence-electron chi connectivity index (χ2n) is 4.40. The van der Waals surface area contributed by atoms with Crippen LogP contribution in [0.5, 0.6) is 0 Å². The fraction of sp³-hybridized carbons (Fsp3) is 0.231. The predicted molar refractivity (Wildman–Crippen MR) is 82.3 cm³/mol. The lowest BCUT2D eigenvalue weighted by Crippen LogP contribution is -2.31. The van der Waals surface area contributed by atoms with Gasteiger partial charge >= 0.3 is 0 Å². The van der Waals surface area contributed by atoms with E-state index in [0.717, 1.165) is 29.9 Å². The molecule has 0 saturated carbocycles. The molecule has 0 fully saturated rings. The van der Waals surface area contributed by atoms with Crippen molar-refractivity contribution in [2.45, 2.75) is 13.0 Å². The molecule has 5 nitrogen and oxygen atoms in total. The molecule has 0 bridgehead atoms. The summed E-state index contributed by atoms with van der Waals surface area (Å²) in [6.45, 7) is 1.45. The molecular weight excluding hydrogens is 299 g/mol. The molecule has 0 unspecified atom stereocenters. The van der Waals surface area contributed by atoms with Gasteiger partial charge in [0.25, 0.3) is 5.56 Å². The van der Waals surface area contributed by atoms with Gasteiger partial charge in [-0.05, 0) is 37.2 Å². The van der Waals surface area contributed by atoms with Gasteiger partial charge in [0.1, 0.15) is 0 Å². The van der Waals surface area contributed by atoms with E-state index in [1.54, 1.807) is 12.1 Å². The van der Waals surface area contributed by atoms with E-state index in [2.05, 4.69) is 20.6 Å². The molecule has 2 aromatic rings. The van der Waals surface area contributed by atoms with Crippen LogP contribution in [0.1, 0.15) is 11.3 Å². The number of hydrogen-bond donors (Lipinski definition) is 3. The minimum Gasteiger partial charge on any atom is -0.326 e. The lowest BCUT2D eigenvalue weighted by atomic mass is 10.1. The summed E-state index contributed by atoms with van der Waals surface area (Å²) in [5, 5.41) is 6.94. The second kappa shape index (κ2) is 6.26. The van der Waals surface area contributed by atoms with Crippen LogP contribution < -0.4 is 16.2 Å². The normalized spacial score (nSPS) is 13.2. The van der Waals surface area contributed by atoms with Crippen molar-refractivity contribution in [1.82, 2.24) is 15.3 Å². The van der Waals surface area contributed by atoms with Crippen LogP contribution in [0.4, 0.5) is 11.6 Å². The first-order valence-corrected chi connectivity index (χ1v) is 6.45. The lowest BCUT2D eigenvalue weighted by Gasteiger charge is -2.16. The Labute approximate surface area is 127 Å². The Morgan fingerprint density at radius 1 is 1.25 bits per heavy atom. The number of nitrogens with zero attached hydrogens (tertiary/aromatic N) is 1. The molecule has 0 atom stereocenters. The molecule has 7 heteroatoms. The Morgan fingerprint density at radius 3 is 2.75 bits per heavy atom. The Bertz CT molecular complexity index is 654. The number of aromatic nitrogens is 2. The van der Waals surface area contributed by atoms with Gasteiger partial charge in [-0.3, -0.25) is 9.78 Å². The number of anilines is 2. The summed E-state index contributed by atoms with van der Waals surface area (Å²) in [7, 11) is 0. The topological polar surface area (TPSA) is 69.8 Å². The third kappa shape index (κ3) is 3.12. The van der Waals surface area contributed by atoms with Crippen LogP contribution in [0.3, 0.4) is 0 Å². The highest BCUT2D eigenvalue weighted by Crippen LogP contribution is 2.17. The molecule has 1 aliphatic heterocycles. The quantitative estimate of drug-likeness (QED) is 0.795. The summed E-state index contributed by atoms with van der Waals surface area (Å²) in [6.07, 6.45) is 0.721. The van der Waals surface area contributed by atoms with Gasteiger partial charge in [0.2, 0.25) is 5.95 Å². The summed E-state index contributed by atoms with van der Waals surface area (Å²) >= 11 is 5.83. The van der Waals surface area contributed by atoms with Crippen molar-refractivity contribution in [3.8, 4) is 0 Å². The number of H-pyrrole nitrogens is 1. The highest BCUT2D eigenvalue weighted by atomic mass is 35.5. The minimum atomic E-state index is -0.0667. The maximum absolute atomic E-state index is 11.9. The van der Waals surface area contributed by atoms with Crippen molar-refractivity contribution in [2.24, 2.45) is 0 Å². The van der Waals surface area contributed by atoms with E-state index < -0.39 is 0 Å². The van der Waals surface area contributed by atoms with Crippen LogP contribution in [0.2, 0.25) is 5.02 Å². The summed E-state index contributed by atoms with van der Waals surface area (Å²) < 4.78 is 0. The van der Waals surface area contributed by atoms with Gasteiger partial charge in [-0.25, -0.2) is 4.98 Å². The molecule has 20 heavy (non-hydrogen) atoms. The lowest BCUT2D eigenvalue weighted by molar-refractivity contribution is 0.620. The largest absolute Gasteiger partial charge is 0.326 e. The van der Waals surface area contributed by atoms with Gasteiger partial charge in [0.15, 0.2) is 0 Å². The van der Waals surface area contributed by atoms with E-state index in [1.807, 2.05) is 12.1 Å². The smallest absolute Gasteiger partial charge is 0.255 e.